The van der Waals surface area contributed by atoms with Crippen molar-refractivity contribution in [2.45, 2.75) is 31.7 Å². The van der Waals surface area contributed by atoms with Crippen LogP contribution in [0.15, 0.2) is 42.5 Å². The average Bonchev–Trinajstić information content (AvgIpc) is 3.06. The molecule has 2 aliphatic rings. The van der Waals surface area contributed by atoms with Gasteiger partial charge in [0.2, 0.25) is 0 Å². The van der Waals surface area contributed by atoms with E-state index in [9.17, 15) is 14.4 Å². The topological polar surface area (TPSA) is 105 Å². The van der Waals surface area contributed by atoms with Crippen LogP contribution in [0.5, 0.6) is 0 Å². The Morgan fingerprint density at radius 3 is 2.39 bits per heavy atom. The number of carbonyl (C=O) groups excluding carboxylic acids is 3. The van der Waals surface area contributed by atoms with E-state index in [1.54, 1.807) is 35.4 Å². The van der Waals surface area contributed by atoms with E-state index in [1.807, 2.05) is 12.1 Å². The first-order chi connectivity index (χ1) is 15.9. The monoisotopic (exact) mass is 470 g/mol. The van der Waals surface area contributed by atoms with Crippen LogP contribution in [0.4, 0.5) is 5.69 Å². The van der Waals surface area contributed by atoms with E-state index >= 15 is 0 Å². The number of imide groups is 1. The van der Waals surface area contributed by atoms with Crippen molar-refractivity contribution in [1.29, 1.82) is 0 Å². The number of aryl methyl sites for hydroxylation is 1. The summed E-state index contributed by atoms with van der Waals surface area (Å²) in [5.74, 6) is -1.19. The third-order valence-corrected chi connectivity index (χ3v) is 6.31. The van der Waals surface area contributed by atoms with Gasteiger partial charge < -0.3 is 15.9 Å². The molecule has 0 spiro atoms. The van der Waals surface area contributed by atoms with E-state index in [1.165, 1.54) is 4.90 Å². The van der Waals surface area contributed by atoms with Crippen LogP contribution in [0.1, 0.15) is 45.5 Å². The summed E-state index contributed by atoms with van der Waals surface area (Å²) < 4.78 is 0. The number of anilines is 1. The molecule has 2 amide bonds. The second-order valence-corrected chi connectivity index (χ2v) is 8.68. The number of nitrogens with zero attached hydrogens (tertiary/aromatic N) is 2. The zero-order valence-electron chi connectivity index (χ0n) is 18.3. The molecule has 2 aromatic carbocycles. The van der Waals surface area contributed by atoms with Gasteiger partial charge in [-0.1, -0.05) is 29.8 Å². The lowest BCUT2D eigenvalue weighted by Gasteiger charge is -2.29. The van der Waals surface area contributed by atoms with Crippen molar-refractivity contribution in [1.82, 2.24) is 15.3 Å². The minimum absolute atomic E-state index is 0.0574. The van der Waals surface area contributed by atoms with Crippen LogP contribution in [-0.2, 0) is 16.1 Å². The van der Waals surface area contributed by atoms with E-state index in [-0.39, 0.29) is 18.2 Å². The molecule has 174 valence electrons. The third kappa shape index (κ3) is 5.35. The Morgan fingerprint density at radius 2 is 1.76 bits per heavy atom. The molecule has 0 aliphatic carbocycles. The number of hydrogen-bond donors (Lipinski definition) is 2. The Kier molecular flexibility index (Phi) is 7.27. The molecule has 1 fully saturated rings. The molecule has 2 heterocycles. The minimum atomic E-state index is -0.600. The summed E-state index contributed by atoms with van der Waals surface area (Å²) in [5.41, 5.74) is 8.14. The molecule has 1 unspecified atom stereocenters. The van der Waals surface area contributed by atoms with Crippen LogP contribution in [-0.4, -0.2) is 60.0 Å². The number of benzene rings is 2. The number of nitrogens with one attached hydrogen (secondary N) is 1. The Bertz CT molecular complexity index is 1020. The van der Waals surface area contributed by atoms with Crippen LogP contribution in [0.25, 0.3) is 0 Å². The summed E-state index contributed by atoms with van der Waals surface area (Å²) in [5, 5.41) is 5.32. The smallest absolute Gasteiger partial charge is 0.327 e. The summed E-state index contributed by atoms with van der Waals surface area (Å²) in [6.07, 6.45) is 1.73. The van der Waals surface area contributed by atoms with Gasteiger partial charge >= 0.3 is 5.97 Å². The van der Waals surface area contributed by atoms with E-state index in [0.29, 0.717) is 54.2 Å². The maximum absolute atomic E-state index is 13.0. The van der Waals surface area contributed by atoms with Gasteiger partial charge in [0.05, 0.1) is 34.3 Å². The van der Waals surface area contributed by atoms with Gasteiger partial charge in [-0.2, -0.15) is 0 Å². The molecular formula is C24H27ClN4O4. The van der Waals surface area contributed by atoms with Crippen LogP contribution >= 0.6 is 11.6 Å². The molecule has 33 heavy (non-hydrogen) atoms. The van der Waals surface area contributed by atoms with Gasteiger partial charge in [-0.3, -0.25) is 19.3 Å². The fourth-order valence-electron chi connectivity index (χ4n) is 4.26. The molecule has 1 saturated heterocycles. The molecule has 0 saturated carbocycles. The predicted octanol–water partition coefficient (Wildman–Crippen LogP) is 2.66. The van der Waals surface area contributed by atoms with Gasteiger partial charge in [0, 0.05) is 26.2 Å². The lowest BCUT2D eigenvalue weighted by atomic mass is 10.0. The number of nitrogens with two attached hydrogens (primary N) is 1. The highest BCUT2D eigenvalue weighted by atomic mass is 35.5. The number of halogens is 1. The number of piperazine rings is 1. The Labute approximate surface area is 197 Å². The predicted molar refractivity (Wildman–Crippen MR) is 125 cm³/mol. The van der Waals surface area contributed by atoms with Crippen LogP contribution in [0, 0.1) is 0 Å². The highest BCUT2D eigenvalue weighted by Crippen LogP contribution is 2.28. The molecular weight excluding hydrogens is 444 g/mol. The zero-order valence-corrected chi connectivity index (χ0v) is 19.0. The molecule has 2 aliphatic heterocycles. The van der Waals surface area contributed by atoms with Crippen molar-refractivity contribution in [2.24, 2.45) is 0 Å². The number of rotatable bonds is 8. The molecule has 8 nitrogen and oxygen atoms in total. The van der Waals surface area contributed by atoms with E-state index in [2.05, 4.69) is 5.32 Å². The maximum atomic E-state index is 13.0. The second kappa shape index (κ2) is 10.3. The first kappa shape index (κ1) is 23.2. The first-order valence-corrected chi connectivity index (χ1v) is 11.5. The Balaban J connectivity index is 1.46. The number of carbonyl (C=O) groups is 3. The normalized spacial score (nSPS) is 17.2. The summed E-state index contributed by atoms with van der Waals surface area (Å²) in [7, 11) is 0. The number of hydrogen-bond acceptors (Lipinski definition) is 7. The SMILES string of the molecule is Nc1cc(CCCC(CC(=O)ON2CCNCC2)N2C(=O)c3ccccc3C2=O)ccc1Cl. The molecule has 9 heteroatoms. The highest BCUT2D eigenvalue weighted by molar-refractivity contribution is 6.33. The van der Waals surface area contributed by atoms with Crippen molar-refractivity contribution in [2.75, 3.05) is 31.9 Å². The van der Waals surface area contributed by atoms with Gasteiger partial charge in [-0.15, -0.1) is 5.06 Å². The van der Waals surface area contributed by atoms with Gasteiger partial charge in [0.1, 0.15) is 0 Å². The van der Waals surface area contributed by atoms with Gasteiger partial charge in [-0.05, 0) is 49.1 Å². The fourth-order valence-corrected chi connectivity index (χ4v) is 4.38. The van der Waals surface area contributed by atoms with Crippen molar-refractivity contribution in [3.05, 3.63) is 64.2 Å². The summed E-state index contributed by atoms with van der Waals surface area (Å²) in [6, 6.07) is 11.6. The van der Waals surface area contributed by atoms with Crippen LogP contribution < -0.4 is 11.1 Å². The van der Waals surface area contributed by atoms with E-state index in [0.717, 1.165) is 18.7 Å². The van der Waals surface area contributed by atoms with Crippen LogP contribution in [0.2, 0.25) is 5.02 Å². The Morgan fingerprint density at radius 1 is 1.09 bits per heavy atom. The zero-order chi connectivity index (χ0) is 23.4. The molecule has 0 aromatic heterocycles. The number of hydroxylamine groups is 2. The van der Waals surface area contributed by atoms with Gasteiger partial charge in [0.25, 0.3) is 11.8 Å². The van der Waals surface area contributed by atoms with Crippen molar-refractivity contribution >= 4 is 35.1 Å². The molecule has 3 N–H and O–H groups in total. The maximum Gasteiger partial charge on any atom is 0.327 e. The molecule has 4 rings (SSSR count). The number of fused-ring (bicyclic) bond motifs is 1. The van der Waals surface area contributed by atoms with Gasteiger partial charge in [0.15, 0.2) is 0 Å². The minimum Gasteiger partial charge on any atom is -0.398 e. The molecule has 1 atom stereocenters. The second-order valence-electron chi connectivity index (χ2n) is 8.27. The lowest BCUT2D eigenvalue weighted by molar-refractivity contribution is -0.193. The molecule has 0 bridgehead atoms. The van der Waals surface area contributed by atoms with E-state index < -0.39 is 12.0 Å². The summed E-state index contributed by atoms with van der Waals surface area (Å²) >= 11 is 6.00. The summed E-state index contributed by atoms with van der Waals surface area (Å²) in [4.78, 5) is 45.5. The number of nitrogen functional groups attached to an aromatic ring is 1. The molecule has 0 radical (unpaired) electrons. The summed E-state index contributed by atoms with van der Waals surface area (Å²) in [6.45, 7) is 2.67. The first-order valence-electron chi connectivity index (χ1n) is 11.1. The molecule has 2 aromatic rings. The lowest BCUT2D eigenvalue weighted by Crippen LogP contribution is -2.46. The quantitative estimate of drug-likeness (QED) is 0.451. The largest absolute Gasteiger partial charge is 0.398 e. The standard InChI is InChI=1S/C24H27ClN4O4/c25-20-9-8-16(14-21(20)26)4-3-5-17(15-22(30)33-28-12-10-27-11-13-28)29-23(31)18-6-1-2-7-19(18)24(29)32/h1-2,6-9,14,17,27H,3-5,10-13,15,26H2. The third-order valence-electron chi connectivity index (χ3n) is 5.96. The van der Waals surface area contributed by atoms with Crippen molar-refractivity contribution in [3.8, 4) is 0 Å². The highest BCUT2D eigenvalue weighted by Gasteiger charge is 2.40. The van der Waals surface area contributed by atoms with Crippen LogP contribution in [0.3, 0.4) is 0 Å². The fraction of sp³-hybridized carbons (Fsp3) is 0.375. The van der Waals surface area contributed by atoms with Crippen molar-refractivity contribution < 1.29 is 19.2 Å². The van der Waals surface area contributed by atoms with Gasteiger partial charge in [-0.25, -0.2) is 0 Å². The number of amides is 2. The average molecular weight is 471 g/mol. The van der Waals surface area contributed by atoms with Crippen molar-refractivity contribution in [3.63, 3.8) is 0 Å². The van der Waals surface area contributed by atoms with E-state index in [4.69, 9.17) is 22.2 Å². The Hall–Kier alpha value is -2.94.